The number of para-hydroxylation sites is 4. The zero-order chi connectivity index (χ0) is 84.9. The molecular weight excluding hydrogens is 1760 g/mol. The fourth-order valence-corrected chi connectivity index (χ4v) is 16.4. The number of phenolic OH excluding ortho intramolecular Hbond substituents is 4. The summed E-state index contributed by atoms with van der Waals surface area (Å²) in [5.74, 6) is 6.88. The van der Waals surface area contributed by atoms with Gasteiger partial charge in [0.05, 0.1) is 11.5 Å². The van der Waals surface area contributed by atoms with Crippen molar-refractivity contribution >= 4 is 3.90 Å². The van der Waals surface area contributed by atoms with E-state index >= 15 is 0 Å². The van der Waals surface area contributed by atoms with Crippen LogP contribution in [0.4, 0.5) is 0 Å². The molecule has 3 fully saturated rings. The predicted octanol–water partition coefficient (Wildman–Crippen LogP) is 26.9. The van der Waals surface area contributed by atoms with Crippen molar-refractivity contribution < 1.29 is 68.4 Å². The SMILES string of the molecule is C#CCC1(CC#C)c2ccccc2-c2ccccc21.CC(C)(C)[C]#[W].CC(C)(C)[C](=[W])c1c(-c2cccc(C(C)(C)C)c2O)cccc1-c1cccc(C(C)(C)C)c1O.CC(C)(C)c1cccc(-c2[c-]c(-c3cccc(C(C)(C)C)c3O)ccc2)c1O.[CH-]1CCCO1.[CH-]1CCCO1.[CH-]=C1CC2(CC1=[CH-])c1ccccc1-c1ccccc12. The number of rotatable bonds is 7. The molecule has 6 nitrogen and oxygen atoms in total. The van der Waals surface area contributed by atoms with E-state index in [1.807, 2.05) is 110 Å². The van der Waals surface area contributed by atoms with Crippen molar-refractivity contribution in [2.24, 2.45) is 10.8 Å². The van der Waals surface area contributed by atoms with Crippen LogP contribution >= 0.6 is 0 Å². The maximum absolute atomic E-state index is 11.4. The summed E-state index contributed by atoms with van der Waals surface area (Å²) in [5.41, 5.74) is 23.1. The van der Waals surface area contributed by atoms with E-state index in [9.17, 15) is 20.4 Å². The topological polar surface area (TPSA) is 99.4 Å². The third-order valence-corrected chi connectivity index (χ3v) is 26.7. The first kappa shape index (κ1) is 90.9. The molecule has 2 aliphatic heterocycles. The van der Waals surface area contributed by atoms with E-state index in [2.05, 4.69) is 256 Å². The van der Waals surface area contributed by atoms with E-state index in [1.54, 1.807) is 0 Å². The molecule has 0 atom stereocenters. The molecule has 603 valence electrons. The Bertz CT molecular complexity index is 4990. The minimum atomic E-state index is -0.212. The molecule has 0 amide bonds. The van der Waals surface area contributed by atoms with E-state index in [-0.39, 0.29) is 49.4 Å². The van der Waals surface area contributed by atoms with Gasteiger partial charge in [-0.05, 0) is 83.0 Å². The number of aromatic hydroxyl groups is 4. The molecule has 10 aromatic rings. The fourth-order valence-electron chi connectivity index (χ4n) is 15.6. The van der Waals surface area contributed by atoms with E-state index in [1.165, 1.54) is 99.8 Å². The zero-order valence-corrected chi connectivity index (χ0v) is 77.5. The van der Waals surface area contributed by atoms with Crippen molar-refractivity contribution in [2.45, 2.75) is 208 Å². The second-order valence-electron chi connectivity index (χ2n) is 36.8. The Balaban J connectivity index is 0.000000168. The van der Waals surface area contributed by atoms with Crippen molar-refractivity contribution in [3.05, 3.63) is 300 Å². The molecule has 0 bridgehead atoms. The minimum absolute atomic E-state index is 0.0264. The molecule has 1 spiro atoms. The van der Waals surface area contributed by atoms with Crippen molar-refractivity contribution in [3.8, 4) is 119 Å². The summed E-state index contributed by atoms with van der Waals surface area (Å²) in [7, 11) is 0. The van der Waals surface area contributed by atoms with E-state index in [4.69, 9.17) is 35.5 Å². The van der Waals surface area contributed by atoms with E-state index in [0.717, 1.165) is 122 Å². The molecule has 15 rings (SSSR count). The number of hydrogen-bond donors (Lipinski definition) is 4. The molecule has 3 aliphatic carbocycles. The van der Waals surface area contributed by atoms with Gasteiger partial charge in [-0.25, -0.2) is 13.2 Å². The Morgan fingerprint density at radius 2 is 0.681 bits per heavy atom. The number of ether oxygens (including phenoxy) is 2. The van der Waals surface area contributed by atoms with Crippen LogP contribution in [0, 0.1) is 72.2 Å². The number of phenols is 4. The van der Waals surface area contributed by atoms with Gasteiger partial charge in [0.25, 0.3) is 0 Å². The predicted molar refractivity (Wildman–Crippen MR) is 478 cm³/mol. The molecule has 10 aromatic carbocycles. The number of hydrogen-bond acceptors (Lipinski definition) is 6. The van der Waals surface area contributed by atoms with Gasteiger partial charge in [0, 0.05) is 31.5 Å². The Morgan fingerprint density at radius 1 is 0.405 bits per heavy atom. The number of terminal acetylenes is 2. The van der Waals surface area contributed by atoms with Crippen LogP contribution in [0.2, 0.25) is 0 Å². The van der Waals surface area contributed by atoms with Gasteiger partial charge in [-0.15, -0.1) is 72.9 Å². The summed E-state index contributed by atoms with van der Waals surface area (Å²) in [6.45, 7) is 56.2. The molecule has 0 aromatic heterocycles. The molecule has 2 heterocycles. The molecule has 1 saturated carbocycles. The Labute approximate surface area is 717 Å². The van der Waals surface area contributed by atoms with Crippen molar-refractivity contribution in [1.82, 2.24) is 0 Å². The van der Waals surface area contributed by atoms with Gasteiger partial charge in [-0.1, -0.05) is 188 Å². The monoisotopic (exact) mass is 1880 g/mol. The molecule has 0 radical (unpaired) electrons. The second-order valence-corrected chi connectivity index (χ2v) is 39.0. The smallest absolute Gasteiger partial charge is 0.0939 e. The van der Waals surface area contributed by atoms with Gasteiger partial charge in [0.2, 0.25) is 0 Å². The van der Waals surface area contributed by atoms with Crippen LogP contribution in [0.15, 0.2) is 217 Å². The first-order valence-electron chi connectivity index (χ1n) is 40.4. The quantitative estimate of drug-likeness (QED) is 0.0937. The van der Waals surface area contributed by atoms with Crippen molar-refractivity contribution in [3.63, 3.8) is 0 Å². The standard InChI is InChI=1S/C31H38O2.C26H29O2.2C19H14.C5H9.2C4H7O.2W/c1-29(2,3)19-24-20(22-15-11-17-25(27(22)32)30(4,5)6)13-10-14-21(24)23-16-12-18-26(28(23)33)31(7,8)9;1-25(2,3)21-14-8-12-19(23(21)27)17-10-7-11-18(16-17)20-13-9-15-22(24(20)28)26(4,5)6;1-13-11-19(12-14(13)2)17-9-5-3-7-15(17)16-8-4-6-10-18(16)19;1-3-13-19(14-4-2)17-11-7-5-9-15(17)16-10-6-8-12-18(16)19;1-5(2,3)4;2*1-2-4-5-3-1;;/h10-18,32-33H,1-9H3;7-15,27-28H,1-6H3;1-10H,11-12H2;1-2,5-12H,13-14H2;1-3H3;2*3H,1-2,4H2;;/q;-1;-2;;;2*-1;;. The van der Waals surface area contributed by atoms with Crippen molar-refractivity contribution in [2.75, 3.05) is 13.2 Å². The number of allylic oxidation sites excluding steroid dienone is 2. The summed E-state index contributed by atoms with van der Waals surface area (Å²) in [4.78, 5) is 0. The van der Waals surface area contributed by atoms with Gasteiger partial charge in [0.15, 0.2) is 0 Å². The number of fused-ring (bicyclic) bond motifs is 8. The normalized spacial score (nSPS) is 14.6. The Hall–Kier alpha value is -9.05. The first-order valence-corrected chi connectivity index (χ1v) is 43.4. The van der Waals surface area contributed by atoms with Crippen LogP contribution in [-0.4, -0.2) is 37.5 Å². The fraction of sp³-hybridized carbons (Fsp3) is 0.333. The third-order valence-electron chi connectivity index (χ3n) is 21.6. The number of benzene rings is 10. The molecule has 0 unspecified atom stereocenters. The van der Waals surface area contributed by atoms with Gasteiger partial charge < -0.3 is 44.0 Å². The van der Waals surface area contributed by atoms with E-state index < -0.39 is 0 Å². The van der Waals surface area contributed by atoms with Gasteiger partial charge >= 0.3 is 267 Å². The van der Waals surface area contributed by atoms with Gasteiger partial charge in [0.1, 0.15) is 0 Å². The molecule has 5 aliphatic rings. The minimum Gasteiger partial charge on any atom is -0.552 e. The second kappa shape index (κ2) is 38.1. The molecule has 8 heteroatoms. The molecule has 2 saturated heterocycles. The van der Waals surface area contributed by atoms with Crippen molar-refractivity contribution in [1.29, 1.82) is 0 Å². The average Bonchev–Trinajstić information content (AvgIpc) is 1.56. The van der Waals surface area contributed by atoms with Crippen LogP contribution in [0.3, 0.4) is 0 Å². The Kier molecular flexibility index (Phi) is 29.9. The summed E-state index contributed by atoms with van der Waals surface area (Å²) >= 11 is 2.83. The van der Waals surface area contributed by atoms with Gasteiger partial charge in [-0.3, -0.25) is 0 Å². The first-order chi connectivity index (χ1) is 54.7. The zero-order valence-electron chi connectivity index (χ0n) is 71.6. The molecule has 116 heavy (non-hydrogen) atoms. The van der Waals surface area contributed by atoms with Crippen LogP contribution in [0.25, 0.3) is 66.8 Å². The van der Waals surface area contributed by atoms with Gasteiger partial charge in [-0.2, -0.15) is 12.8 Å². The Morgan fingerprint density at radius 3 is 0.966 bits per heavy atom. The average molecular weight is 1880 g/mol. The van der Waals surface area contributed by atoms with E-state index in [0.29, 0.717) is 29.8 Å². The van der Waals surface area contributed by atoms with Crippen LogP contribution in [-0.2, 0) is 80.5 Å². The molecule has 4 N–H and O–H groups in total. The molecular formula is C108H118O6W2-5. The largest absolute Gasteiger partial charge is 0.552 e. The van der Waals surface area contributed by atoms with Crippen LogP contribution in [0.5, 0.6) is 23.0 Å². The maximum atomic E-state index is 11.4. The maximum Gasteiger partial charge on any atom is 0.0939 e. The third kappa shape index (κ3) is 21.1. The summed E-state index contributed by atoms with van der Waals surface area (Å²) < 4.78 is 14.1. The summed E-state index contributed by atoms with van der Waals surface area (Å²) in [5, 5.41) is 44.6. The van der Waals surface area contributed by atoms with Crippen LogP contribution < -0.4 is 0 Å². The summed E-state index contributed by atoms with van der Waals surface area (Å²) in [6.07, 6.45) is 19.0. The summed E-state index contributed by atoms with van der Waals surface area (Å²) in [6, 6.07) is 73.3. The van der Waals surface area contributed by atoms with Crippen LogP contribution in [0.1, 0.15) is 226 Å².